The van der Waals surface area contributed by atoms with Crippen LogP contribution in [0.25, 0.3) is 16.9 Å². The fraction of sp³-hybridized carbons (Fsp3) is 0.364. The molecule has 0 fully saturated rings. The van der Waals surface area contributed by atoms with E-state index in [1.54, 1.807) is 30.8 Å². The van der Waals surface area contributed by atoms with Crippen LogP contribution in [0.1, 0.15) is 53.0 Å². The number of halogens is 1. The van der Waals surface area contributed by atoms with Gasteiger partial charge in [0.25, 0.3) is 0 Å². The SMILES string of the molecule is COc1ccc(-c2nn(-c3ccccc3)cc2C2C(C(=O)OCC(C)C)=C(C)NC(C)=C2C(=O)OCC(C)C)cc1F. The molecular weight excluding hydrogens is 537 g/mol. The van der Waals surface area contributed by atoms with Crippen molar-refractivity contribution < 1.29 is 28.2 Å². The van der Waals surface area contributed by atoms with Crippen LogP contribution >= 0.6 is 0 Å². The van der Waals surface area contributed by atoms with Crippen molar-refractivity contribution in [3.63, 3.8) is 0 Å². The molecule has 0 radical (unpaired) electrons. The number of nitrogens with zero attached hydrogens (tertiary/aromatic N) is 2. The number of hydrogen-bond acceptors (Lipinski definition) is 7. The van der Waals surface area contributed by atoms with Crippen LogP contribution in [0.2, 0.25) is 0 Å². The number of hydrogen-bond donors (Lipinski definition) is 1. The molecule has 0 atom stereocenters. The maximum atomic E-state index is 15.0. The molecule has 0 aliphatic carbocycles. The van der Waals surface area contributed by atoms with E-state index in [0.717, 1.165) is 5.69 Å². The Morgan fingerprint density at radius 3 is 2.00 bits per heavy atom. The molecule has 0 amide bonds. The molecule has 2 aromatic carbocycles. The van der Waals surface area contributed by atoms with Crippen LogP contribution in [-0.4, -0.2) is 42.0 Å². The molecule has 1 aromatic heterocycles. The second-order valence-corrected chi connectivity index (χ2v) is 11.2. The summed E-state index contributed by atoms with van der Waals surface area (Å²) in [6.07, 6.45) is 1.77. The third kappa shape index (κ3) is 6.56. The highest BCUT2D eigenvalue weighted by Gasteiger charge is 2.40. The highest BCUT2D eigenvalue weighted by molar-refractivity contribution is 6.00. The van der Waals surface area contributed by atoms with Gasteiger partial charge in [0.15, 0.2) is 11.6 Å². The number of dihydropyridines is 1. The maximum Gasteiger partial charge on any atom is 0.336 e. The molecule has 1 aliphatic heterocycles. The lowest BCUT2D eigenvalue weighted by atomic mass is 9.79. The van der Waals surface area contributed by atoms with Crippen molar-refractivity contribution in [3.05, 3.63) is 88.6 Å². The van der Waals surface area contributed by atoms with Crippen molar-refractivity contribution in [1.29, 1.82) is 0 Å². The Morgan fingerprint density at radius 1 is 0.929 bits per heavy atom. The Morgan fingerprint density at radius 2 is 1.50 bits per heavy atom. The third-order valence-electron chi connectivity index (χ3n) is 6.80. The molecule has 222 valence electrons. The quantitative estimate of drug-likeness (QED) is 0.283. The monoisotopic (exact) mass is 575 g/mol. The molecule has 1 aliphatic rings. The fourth-order valence-corrected chi connectivity index (χ4v) is 4.84. The Kier molecular flexibility index (Phi) is 9.50. The van der Waals surface area contributed by atoms with E-state index in [9.17, 15) is 14.0 Å². The second kappa shape index (κ2) is 13.1. The van der Waals surface area contributed by atoms with E-state index in [1.165, 1.54) is 19.2 Å². The largest absolute Gasteiger partial charge is 0.494 e. The van der Waals surface area contributed by atoms with Gasteiger partial charge in [0, 0.05) is 28.7 Å². The van der Waals surface area contributed by atoms with Crippen molar-refractivity contribution in [2.75, 3.05) is 20.3 Å². The van der Waals surface area contributed by atoms with E-state index >= 15 is 0 Å². The van der Waals surface area contributed by atoms with Crippen LogP contribution in [0.15, 0.2) is 77.3 Å². The zero-order chi connectivity index (χ0) is 30.6. The Labute approximate surface area is 246 Å². The first kappa shape index (κ1) is 30.6. The molecule has 1 N–H and O–H groups in total. The number of benzene rings is 2. The van der Waals surface area contributed by atoms with Crippen molar-refractivity contribution in [1.82, 2.24) is 15.1 Å². The first-order valence-corrected chi connectivity index (χ1v) is 14.0. The number of esters is 2. The Hall–Kier alpha value is -4.40. The molecule has 42 heavy (non-hydrogen) atoms. The predicted molar refractivity (Wildman–Crippen MR) is 158 cm³/mol. The second-order valence-electron chi connectivity index (χ2n) is 11.2. The molecule has 8 nitrogen and oxygen atoms in total. The summed E-state index contributed by atoms with van der Waals surface area (Å²) >= 11 is 0. The lowest BCUT2D eigenvalue weighted by Crippen LogP contribution is -2.33. The minimum atomic E-state index is -0.900. The summed E-state index contributed by atoms with van der Waals surface area (Å²) in [5.41, 5.74) is 3.75. The van der Waals surface area contributed by atoms with Gasteiger partial charge in [0.2, 0.25) is 0 Å². The van der Waals surface area contributed by atoms with E-state index in [4.69, 9.17) is 19.3 Å². The number of nitrogens with one attached hydrogen (secondary N) is 1. The third-order valence-corrected chi connectivity index (χ3v) is 6.80. The topological polar surface area (TPSA) is 91.7 Å². The van der Waals surface area contributed by atoms with Gasteiger partial charge >= 0.3 is 11.9 Å². The van der Waals surface area contributed by atoms with Gasteiger partial charge in [-0.15, -0.1) is 0 Å². The van der Waals surface area contributed by atoms with Crippen LogP contribution in [0.4, 0.5) is 4.39 Å². The van der Waals surface area contributed by atoms with E-state index in [1.807, 2.05) is 58.0 Å². The molecule has 0 saturated carbocycles. The number of rotatable bonds is 10. The van der Waals surface area contributed by atoms with Gasteiger partial charge in [-0.2, -0.15) is 5.10 Å². The van der Waals surface area contributed by atoms with Gasteiger partial charge in [0.1, 0.15) is 0 Å². The summed E-state index contributed by atoms with van der Waals surface area (Å²) in [5.74, 6) is -2.27. The number of ether oxygens (including phenoxy) is 3. The average molecular weight is 576 g/mol. The lowest BCUT2D eigenvalue weighted by molar-refractivity contribution is -0.141. The van der Waals surface area contributed by atoms with Gasteiger partial charge in [-0.1, -0.05) is 45.9 Å². The molecule has 3 aromatic rings. The van der Waals surface area contributed by atoms with Crippen molar-refractivity contribution in [3.8, 4) is 22.7 Å². The smallest absolute Gasteiger partial charge is 0.336 e. The number of carbonyl (C=O) groups excluding carboxylic acids is 2. The molecule has 0 saturated heterocycles. The fourth-order valence-electron chi connectivity index (χ4n) is 4.84. The highest BCUT2D eigenvalue weighted by Crippen LogP contribution is 2.43. The van der Waals surface area contributed by atoms with Gasteiger partial charge in [0.05, 0.1) is 48.8 Å². The molecule has 9 heteroatoms. The van der Waals surface area contributed by atoms with E-state index < -0.39 is 23.7 Å². The lowest BCUT2D eigenvalue weighted by Gasteiger charge is -2.30. The summed E-state index contributed by atoms with van der Waals surface area (Å²) < 4.78 is 33.2. The van der Waals surface area contributed by atoms with Crippen LogP contribution < -0.4 is 10.1 Å². The summed E-state index contributed by atoms with van der Waals surface area (Å²) in [4.78, 5) is 27.4. The Balaban J connectivity index is 1.98. The van der Waals surface area contributed by atoms with Crippen molar-refractivity contribution in [2.45, 2.75) is 47.5 Å². The van der Waals surface area contributed by atoms with Crippen molar-refractivity contribution >= 4 is 11.9 Å². The summed E-state index contributed by atoms with van der Waals surface area (Å²) in [7, 11) is 1.40. The maximum absolute atomic E-state index is 15.0. The standard InChI is InChI=1S/C33H38FN3O5/c1-19(2)17-41-32(38)28-21(5)35-22(6)29(33(39)42-18-20(3)4)30(28)25-16-37(24-11-9-8-10-12-24)36-31(25)23-13-14-27(40-7)26(34)15-23/h8-16,19-20,30,35H,17-18H2,1-7H3. The van der Waals surface area contributed by atoms with Crippen molar-refractivity contribution in [2.24, 2.45) is 11.8 Å². The molecule has 4 rings (SSSR count). The zero-order valence-electron chi connectivity index (χ0n) is 25.2. The number of para-hydroxylation sites is 1. The molecule has 0 spiro atoms. The summed E-state index contributed by atoms with van der Waals surface area (Å²) in [5, 5.41) is 8.04. The van der Waals surface area contributed by atoms with Crippen LogP contribution in [-0.2, 0) is 19.1 Å². The van der Waals surface area contributed by atoms with Gasteiger partial charge in [-0.05, 0) is 56.0 Å². The molecule has 2 heterocycles. The number of allylic oxidation sites excluding steroid dienone is 2. The zero-order valence-corrected chi connectivity index (χ0v) is 25.2. The number of carbonyl (C=O) groups is 2. The van der Waals surface area contributed by atoms with E-state index in [-0.39, 0.29) is 41.9 Å². The van der Waals surface area contributed by atoms with Crippen LogP contribution in [0.5, 0.6) is 5.75 Å². The predicted octanol–water partition coefficient (Wildman–Crippen LogP) is 6.32. The van der Waals surface area contributed by atoms with Gasteiger partial charge in [-0.3, -0.25) is 0 Å². The average Bonchev–Trinajstić information content (AvgIpc) is 3.40. The minimum Gasteiger partial charge on any atom is -0.494 e. The number of methoxy groups -OCH3 is 1. The highest BCUT2D eigenvalue weighted by atomic mass is 19.1. The summed E-state index contributed by atoms with van der Waals surface area (Å²) in [6.45, 7) is 11.7. The van der Waals surface area contributed by atoms with E-state index in [2.05, 4.69) is 5.32 Å². The number of aromatic nitrogens is 2. The first-order chi connectivity index (χ1) is 20.0. The Bertz CT molecular complexity index is 1480. The van der Waals surface area contributed by atoms with Gasteiger partial charge < -0.3 is 19.5 Å². The van der Waals surface area contributed by atoms with E-state index in [0.29, 0.717) is 28.2 Å². The summed E-state index contributed by atoms with van der Waals surface area (Å²) in [6, 6.07) is 14.0. The first-order valence-electron chi connectivity index (χ1n) is 14.0. The normalized spacial score (nSPS) is 14.0. The molecular formula is C33H38FN3O5. The van der Waals surface area contributed by atoms with Crippen LogP contribution in [0, 0.1) is 17.7 Å². The molecule has 0 unspecified atom stereocenters. The minimum absolute atomic E-state index is 0.0899. The van der Waals surface area contributed by atoms with Gasteiger partial charge in [-0.25, -0.2) is 18.7 Å². The molecule has 0 bridgehead atoms. The van der Waals surface area contributed by atoms with Crippen LogP contribution in [0.3, 0.4) is 0 Å².